The molecule has 0 aliphatic carbocycles. The number of Topliss-reactive ketones (excluding diaryl/α,β-unsaturated/α-hetero) is 1. The lowest BCUT2D eigenvalue weighted by molar-refractivity contribution is -0.195. The van der Waals surface area contributed by atoms with Crippen LogP contribution in [-0.2, 0) is 53.8 Å². The van der Waals surface area contributed by atoms with Gasteiger partial charge in [-0.2, -0.15) is 0 Å². The molecule has 0 saturated carbocycles. The maximum Gasteiger partial charge on any atom is 0.355 e. The second-order valence-electron chi connectivity index (χ2n) is 11.2. The van der Waals surface area contributed by atoms with Crippen molar-refractivity contribution in [1.29, 1.82) is 0 Å². The topological polar surface area (TPSA) is 134 Å². The van der Waals surface area contributed by atoms with Gasteiger partial charge in [0.15, 0.2) is 11.9 Å². The van der Waals surface area contributed by atoms with Gasteiger partial charge in [-0.15, -0.1) is 0 Å². The van der Waals surface area contributed by atoms with E-state index in [1.807, 2.05) is 6.92 Å². The zero-order valence-corrected chi connectivity index (χ0v) is 23.5. The van der Waals surface area contributed by atoms with E-state index in [2.05, 4.69) is 0 Å². The number of cyclic esters (lactones) is 1. The van der Waals surface area contributed by atoms with E-state index in [0.717, 1.165) is 16.5 Å². The molecule has 10 heteroatoms. The number of phenolic OH excluding ortho intramolecular Hbond substituents is 1. The minimum Gasteiger partial charge on any atom is -0.508 e. The summed E-state index contributed by atoms with van der Waals surface area (Å²) >= 11 is 0. The Bertz CT molecular complexity index is 1690. The number of benzene rings is 1. The normalized spacial score (nSPS) is 22.8. The molecule has 2 unspecified atom stereocenters. The summed E-state index contributed by atoms with van der Waals surface area (Å²) in [6.07, 6.45) is -0.331. The summed E-state index contributed by atoms with van der Waals surface area (Å²) in [4.78, 5) is 57.8. The van der Waals surface area contributed by atoms with Crippen LogP contribution in [0.15, 0.2) is 29.1 Å². The van der Waals surface area contributed by atoms with Crippen molar-refractivity contribution in [3.05, 3.63) is 56.9 Å². The van der Waals surface area contributed by atoms with E-state index in [1.54, 1.807) is 49.6 Å². The van der Waals surface area contributed by atoms with E-state index in [1.165, 1.54) is 0 Å². The zero-order valence-electron chi connectivity index (χ0n) is 23.5. The van der Waals surface area contributed by atoms with E-state index in [-0.39, 0.29) is 60.1 Å². The number of fused-ring (bicyclic) bond motifs is 5. The minimum atomic E-state index is -1.85. The van der Waals surface area contributed by atoms with Crippen LogP contribution in [0.4, 0.5) is 0 Å². The first kappa shape index (κ1) is 27.1. The van der Waals surface area contributed by atoms with Crippen molar-refractivity contribution in [2.24, 2.45) is 5.92 Å². The van der Waals surface area contributed by atoms with Gasteiger partial charge in [-0.3, -0.25) is 9.59 Å². The summed E-state index contributed by atoms with van der Waals surface area (Å²) in [5.74, 6) is -1.72. The number of aromatic nitrogens is 2. The number of hydrogen-bond donors (Lipinski definition) is 1. The third kappa shape index (κ3) is 4.07. The number of rotatable bonds is 6. The maximum absolute atomic E-state index is 13.9. The van der Waals surface area contributed by atoms with Crippen LogP contribution in [0, 0.1) is 5.92 Å². The lowest BCUT2D eigenvalue weighted by Gasteiger charge is -2.36. The molecule has 41 heavy (non-hydrogen) atoms. The fourth-order valence-corrected chi connectivity index (χ4v) is 6.34. The molecular weight excluding hydrogens is 528 g/mol. The molecular formula is C31H32N2O8. The van der Waals surface area contributed by atoms with Gasteiger partial charge < -0.3 is 23.9 Å². The van der Waals surface area contributed by atoms with E-state index < -0.39 is 29.7 Å². The summed E-state index contributed by atoms with van der Waals surface area (Å²) in [7, 11) is 0. The minimum absolute atomic E-state index is 0.0338. The summed E-state index contributed by atoms with van der Waals surface area (Å²) < 4.78 is 18.7. The smallest absolute Gasteiger partial charge is 0.355 e. The van der Waals surface area contributed by atoms with Crippen LogP contribution in [-0.4, -0.2) is 44.6 Å². The summed E-state index contributed by atoms with van der Waals surface area (Å²) in [6.45, 7) is 7.30. The lowest BCUT2D eigenvalue weighted by atomic mass is 9.85. The van der Waals surface area contributed by atoms with Gasteiger partial charge >= 0.3 is 11.9 Å². The Morgan fingerprint density at radius 1 is 1.15 bits per heavy atom. The largest absolute Gasteiger partial charge is 0.508 e. The van der Waals surface area contributed by atoms with Gasteiger partial charge in [0.1, 0.15) is 18.5 Å². The van der Waals surface area contributed by atoms with Crippen molar-refractivity contribution in [3.8, 4) is 17.1 Å². The Hall–Kier alpha value is -4.05. The quantitative estimate of drug-likeness (QED) is 0.351. The van der Waals surface area contributed by atoms with Gasteiger partial charge in [-0.05, 0) is 55.5 Å². The number of aromatic hydroxyl groups is 1. The van der Waals surface area contributed by atoms with Gasteiger partial charge in [0.25, 0.3) is 5.56 Å². The maximum atomic E-state index is 13.9. The van der Waals surface area contributed by atoms with Crippen LogP contribution in [0.25, 0.3) is 22.3 Å². The molecule has 3 aliphatic heterocycles. The predicted molar refractivity (Wildman–Crippen MR) is 147 cm³/mol. The molecule has 3 atom stereocenters. The van der Waals surface area contributed by atoms with Crippen LogP contribution < -0.4 is 5.56 Å². The van der Waals surface area contributed by atoms with E-state index in [4.69, 9.17) is 19.2 Å². The van der Waals surface area contributed by atoms with Crippen molar-refractivity contribution in [2.45, 2.75) is 84.3 Å². The van der Waals surface area contributed by atoms with Crippen LogP contribution in [0.5, 0.6) is 5.75 Å². The molecule has 3 aliphatic rings. The van der Waals surface area contributed by atoms with Gasteiger partial charge in [0.2, 0.25) is 5.60 Å². The number of aryl methyl sites for hydroxylation is 1. The molecule has 6 rings (SSSR count). The fraction of sp³-hybridized carbons (Fsp3) is 0.452. The molecule has 0 bridgehead atoms. The molecule has 5 heterocycles. The predicted octanol–water partition coefficient (Wildman–Crippen LogP) is 3.67. The number of carbonyl (C=O) groups excluding carboxylic acids is 3. The molecule has 0 amide bonds. The zero-order chi connectivity index (χ0) is 29.2. The molecule has 0 radical (unpaired) electrons. The second-order valence-corrected chi connectivity index (χ2v) is 11.2. The van der Waals surface area contributed by atoms with Crippen molar-refractivity contribution < 1.29 is 33.7 Å². The van der Waals surface area contributed by atoms with Crippen LogP contribution in [0.1, 0.15) is 69.2 Å². The van der Waals surface area contributed by atoms with Crippen molar-refractivity contribution >= 4 is 28.6 Å². The summed E-state index contributed by atoms with van der Waals surface area (Å²) in [5.41, 5.74) is 2.01. The third-order valence-corrected chi connectivity index (χ3v) is 8.55. The summed E-state index contributed by atoms with van der Waals surface area (Å²) in [5, 5.41) is 10.9. The van der Waals surface area contributed by atoms with Gasteiger partial charge in [0.05, 0.1) is 29.0 Å². The summed E-state index contributed by atoms with van der Waals surface area (Å²) in [6, 6.07) is 6.70. The molecule has 10 nitrogen and oxygen atoms in total. The highest BCUT2D eigenvalue weighted by atomic mass is 16.6. The van der Waals surface area contributed by atoms with E-state index >= 15 is 0 Å². The SMILES string of the molecule is CCc1c2c(nc3ccc(O)cc13)-c1cc3c(c(=O)n1C2)COC(=O)[C@@]3(CC)OC(=O)C1CCC(C(=O)C(C)C)O1. The van der Waals surface area contributed by atoms with Gasteiger partial charge in [-0.1, -0.05) is 27.7 Å². The highest BCUT2D eigenvalue weighted by molar-refractivity contribution is 5.91. The molecule has 214 valence electrons. The van der Waals surface area contributed by atoms with Gasteiger partial charge in [0, 0.05) is 22.4 Å². The average Bonchev–Trinajstić information content (AvgIpc) is 3.59. The molecule has 1 fully saturated rings. The number of pyridine rings is 2. The second kappa shape index (κ2) is 9.80. The first-order valence-electron chi connectivity index (χ1n) is 14.1. The molecule has 1 aromatic carbocycles. The van der Waals surface area contributed by atoms with Crippen molar-refractivity contribution in [3.63, 3.8) is 0 Å². The van der Waals surface area contributed by atoms with Crippen LogP contribution in [0.2, 0.25) is 0 Å². The third-order valence-electron chi connectivity index (χ3n) is 8.55. The molecule has 1 N–H and O–H groups in total. The Morgan fingerprint density at radius 2 is 1.90 bits per heavy atom. The Morgan fingerprint density at radius 3 is 2.61 bits per heavy atom. The first-order chi connectivity index (χ1) is 19.6. The number of esters is 2. The standard InChI is InChI=1S/C31H32N2O8/c1-5-17-18-11-16(34)7-8-22(18)32-26-19(17)13-33-23(26)12-21-20(28(33)36)14-39-30(38)31(21,6-2)41-29(37)25-10-9-24(40-25)27(35)15(3)4/h7-8,11-12,15,24-25,34H,5-6,9-10,13-14H2,1-4H3/t24?,25?,31-/m0/s1. The monoisotopic (exact) mass is 560 g/mol. The highest BCUT2D eigenvalue weighted by Crippen LogP contribution is 2.43. The average molecular weight is 561 g/mol. The number of ether oxygens (including phenoxy) is 3. The first-order valence-corrected chi connectivity index (χ1v) is 14.1. The highest BCUT2D eigenvalue weighted by Gasteiger charge is 2.52. The van der Waals surface area contributed by atoms with Gasteiger partial charge in [-0.25, -0.2) is 14.6 Å². The van der Waals surface area contributed by atoms with E-state index in [0.29, 0.717) is 29.7 Å². The number of ketones is 1. The van der Waals surface area contributed by atoms with Crippen LogP contribution >= 0.6 is 0 Å². The number of phenols is 1. The molecule has 1 saturated heterocycles. The number of hydrogen-bond acceptors (Lipinski definition) is 9. The lowest BCUT2D eigenvalue weighted by Crippen LogP contribution is -2.49. The van der Waals surface area contributed by atoms with Crippen molar-refractivity contribution in [1.82, 2.24) is 9.55 Å². The Kier molecular flexibility index (Phi) is 6.48. The number of nitrogens with zero attached hydrogens (tertiary/aromatic N) is 2. The van der Waals surface area contributed by atoms with E-state index in [9.17, 15) is 24.3 Å². The fourth-order valence-electron chi connectivity index (χ4n) is 6.34. The Balaban J connectivity index is 1.44. The van der Waals surface area contributed by atoms with Crippen molar-refractivity contribution in [2.75, 3.05) is 0 Å². The molecule has 3 aromatic rings. The molecule has 0 spiro atoms. The number of carbonyl (C=O) groups is 3. The molecule has 2 aromatic heterocycles. The van der Waals surface area contributed by atoms with Crippen LogP contribution in [0.3, 0.4) is 0 Å². The Labute approximate surface area is 236 Å².